The maximum absolute atomic E-state index is 4.46. The lowest BCUT2D eigenvalue weighted by molar-refractivity contribution is 0.912. The van der Waals surface area contributed by atoms with E-state index in [1.54, 1.807) is 0 Å². The van der Waals surface area contributed by atoms with Crippen molar-refractivity contribution in [1.29, 1.82) is 0 Å². The molecule has 0 saturated carbocycles. The first-order valence-electron chi connectivity index (χ1n) is 5.75. The molecule has 1 heterocycles. The second-order valence-corrected chi connectivity index (χ2v) is 4.33. The Labute approximate surface area is 95.4 Å². The number of benzene rings is 1. The standard InChI is InChI=1S/C14H14N2/c1-10-15-8-7-14(16-10)13-6-5-11-3-2-4-12(11)9-13/h5-9H,2-4H2,1H3. The minimum Gasteiger partial charge on any atom is -0.242 e. The predicted molar refractivity (Wildman–Crippen MR) is 64.2 cm³/mol. The third-order valence-electron chi connectivity index (χ3n) is 3.17. The van der Waals surface area contributed by atoms with E-state index < -0.39 is 0 Å². The van der Waals surface area contributed by atoms with Crippen LogP contribution in [0.2, 0.25) is 0 Å². The molecule has 0 unspecified atom stereocenters. The minimum absolute atomic E-state index is 0.831. The summed E-state index contributed by atoms with van der Waals surface area (Å²) in [6.45, 7) is 1.93. The van der Waals surface area contributed by atoms with E-state index in [0.717, 1.165) is 11.5 Å². The van der Waals surface area contributed by atoms with E-state index in [-0.39, 0.29) is 0 Å². The van der Waals surface area contributed by atoms with Gasteiger partial charge in [0.15, 0.2) is 0 Å². The van der Waals surface area contributed by atoms with E-state index in [0.29, 0.717) is 0 Å². The lowest BCUT2D eigenvalue weighted by atomic mass is 10.0. The van der Waals surface area contributed by atoms with Crippen molar-refractivity contribution in [3.8, 4) is 11.3 Å². The molecule has 0 amide bonds. The van der Waals surface area contributed by atoms with Crippen LogP contribution in [0.5, 0.6) is 0 Å². The summed E-state index contributed by atoms with van der Waals surface area (Å²) in [6.07, 6.45) is 5.57. The van der Waals surface area contributed by atoms with Crippen LogP contribution in [-0.2, 0) is 12.8 Å². The fourth-order valence-corrected chi connectivity index (χ4v) is 2.35. The fourth-order valence-electron chi connectivity index (χ4n) is 2.35. The zero-order valence-electron chi connectivity index (χ0n) is 9.40. The maximum Gasteiger partial charge on any atom is 0.125 e. The molecule has 0 fully saturated rings. The number of hydrogen-bond acceptors (Lipinski definition) is 2. The van der Waals surface area contributed by atoms with Gasteiger partial charge < -0.3 is 0 Å². The van der Waals surface area contributed by atoms with Gasteiger partial charge in [-0.1, -0.05) is 12.1 Å². The Kier molecular flexibility index (Phi) is 2.21. The van der Waals surface area contributed by atoms with Crippen LogP contribution in [-0.4, -0.2) is 9.97 Å². The van der Waals surface area contributed by atoms with Crippen LogP contribution in [0, 0.1) is 6.92 Å². The third kappa shape index (κ3) is 1.60. The second-order valence-electron chi connectivity index (χ2n) is 4.33. The van der Waals surface area contributed by atoms with Gasteiger partial charge in [0.05, 0.1) is 5.69 Å². The fraction of sp³-hybridized carbons (Fsp3) is 0.286. The lowest BCUT2D eigenvalue weighted by Gasteiger charge is -2.04. The lowest BCUT2D eigenvalue weighted by Crippen LogP contribution is -1.91. The first kappa shape index (κ1) is 9.52. The topological polar surface area (TPSA) is 25.8 Å². The van der Waals surface area contributed by atoms with E-state index in [1.807, 2.05) is 19.2 Å². The number of fused-ring (bicyclic) bond motifs is 1. The molecule has 2 nitrogen and oxygen atoms in total. The van der Waals surface area contributed by atoms with Crippen LogP contribution < -0.4 is 0 Å². The van der Waals surface area contributed by atoms with Crippen molar-refractivity contribution in [2.24, 2.45) is 0 Å². The van der Waals surface area contributed by atoms with Crippen molar-refractivity contribution < 1.29 is 0 Å². The van der Waals surface area contributed by atoms with Crippen LogP contribution in [0.3, 0.4) is 0 Å². The summed E-state index contributed by atoms with van der Waals surface area (Å²) in [5.74, 6) is 0.831. The molecule has 2 heteroatoms. The van der Waals surface area contributed by atoms with Crippen LogP contribution in [0.4, 0.5) is 0 Å². The molecule has 3 rings (SSSR count). The summed E-state index contributed by atoms with van der Waals surface area (Å²) in [5.41, 5.74) is 5.25. The molecule has 0 saturated heterocycles. The van der Waals surface area contributed by atoms with E-state index in [1.165, 1.54) is 36.0 Å². The number of nitrogens with zero attached hydrogens (tertiary/aromatic N) is 2. The molecular formula is C14H14N2. The summed E-state index contributed by atoms with van der Waals surface area (Å²) in [6, 6.07) is 8.68. The van der Waals surface area contributed by atoms with Crippen LogP contribution in [0.1, 0.15) is 23.4 Å². The van der Waals surface area contributed by atoms with Gasteiger partial charge in [-0.15, -0.1) is 0 Å². The highest BCUT2D eigenvalue weighted by atomic mass is 14.9. The van der Waals surface area contributed by atoms with Gasteiger partial charge in [0, 0.05) is 11.8 Å². The molecule has 1 aliphatic carbocycles. The Morgan fingerprint density at radius 1 is 1.06 bits per heavy atom. The molecule has 0 atom stereocenters. The smallest absolute Gasteiger partial charge is 0.125 e. The molecule has 0 radical (unpaired) electrons. The molecule has 80 valence electrons. The van der Waals surface area contributed by atoms with Crippen molar-refractivity contribution in [2.75, 3.05) is 0 Å². The van der Waals surface area contributed by atoms with E-state index in [4.69, 9.17) is 0 Å². The van der Waals surface area contributed by atoms with E-state index in [9.17, 15) is 0 Å². The van der Waals surface area contributed by atoms with Crippen molar-refractivity contribution in [3.63, 3.8) is 0 Å². The minimum atomic E-state index is 0.831. The first-order valence-corrected chi connectivity index (χ1v) is 5.75. The molecule has 16 heavy (non-hydrogen) atoms. The van der Waals surface area contributed by atoms with Gasteiger partial charge in [0.2, 0.25) is 0 Å². The Bertz CT molecular complexity index is 532. The molecule has 0 bridgehead atoms. The zero-order valence-corrected chi connectivity index (χ0v) is 9.40. The van der Waals surface area contributed by atoms with Crippen molar-refractivity contribution in [2.45, 2.75) is 26.2 Å². The molecule has 1 aliphatic rings. The van der Waals surface area contributed by atoms with Gasteiger partial charge in [-0.3, -0.25) is 0 Å². The van der Waals surface area contributed by atoms with Crippen LogP contribution in [0.15, 0.2) is 30.5 Å². The van der Waals surface area contributed by atoms with Crippen LogP contribution in [0.25, 0.3) is 11.3 Å². The van der Waals surface area contributed by atoms with Gasteiger partial charge >= 0.3 is 0 Å². The average molecular weight is 210 g/mol. The summed E-state index contributed by atoms with van der Waals surface area (Å²) in [4.78, 5) is 8.58. The molecule has 1 aromatic carbocycles. The number of aryl methyl sites for hydroxylation is 3. The summed E-state index contributed by atoms with van der Waals surface area (Å²) < 4.78 is 0. The predicted octanol–water partition coefficient (Wildman–Crippen LogP) is 2.94. The summed E-state index contributed by atoms with van der Waals surface area (Å²) in [7, 11) is 0. The highest BCUT2D eigenvalue weighted by Gasteiger charge is 2.11. The van der Waals surface area contributed by atoms with E-state index >= 15 is 0 Å². The number of rotatable bonds is 1. The Hall–Kier alpha value is -1.70. The number of aromatic nitrogens is 2. The quantitative estimate of drug-likeness (QED) is 0.723. The van der Waals surface area contributed by atoms with Crippen LogP contribution >= 0.6 is 0 Å². The summed E-state index contributed by atoms with van der Waals surface area (Å²) in [5, 5.41) is 0. The Morgan fingerprint density at radius 2 is 1.94 bits per heavy atom. The highest BCUT2D eigenvalue weighted by molar-refractivity contribution is 5.61. The zero-order chi connectivity index (χ0) is 11.0. The first-order chi connectivity index (χ1) is 7.83. The third-order valence-corrected chi connectivity index (χ3v) is 3.17. The van der Waals surface area contributed by atoms with Gasteiger partial charge in [-0.05, 0) is 49.4 Å². The van der Waals surface area contributed by atoms with E-state index in [2.05, 4.69) is 28.2 Å². The van der Waals surface area contributed by atoms with Crippen molar-refractivity contribution in [1.82, 2.24) is 9.97 Å². The molecule has 0 N–H and O–H groups in total. The molecule has 0 aliphatic heterocycles. The number of hydrogen-bond donors (Lipinski definition) is 0. The van der Waals surface area contributed by atoms with Crippen molar-refractivity contribution in [3.05, 3.63) is 47.4 Å². The average Bonchev–Trinajstić information content (AvgIpc) is 2.75. The molecule has 0 spiro atoms. The largest absolute Gasteiger partial charge is 0.242 e. The Morgan fingerprint density at radius 3 is 2.81 bits per heavy atom. The van der Waals surface area contributed by atoms with Gasteiger partial charge in [-0.25, -0.2) is 9.97 Å². The van der Waals surface area contributed by atoms with Gasteiger partial charge in [0.25, 0.3) is 0 Å². The summed E-state index contributed by atoms with van der Waals surface area (Å²) >= 11 is 0. The SMILES string of the molecule is Cc1nccc(-c2ccc3c(c2)CCC3)n1. The van der Waals surface area contributed by atoms with Crippen molar-refractivity contribution >= 4 is 0 Å². The van der Waals surface area contributed by atoms with Gasteiger partial charge in [-0.2, -0.15) is 0 Å². The highest BCUT2D eigenvalue weighted by Crippen LogP contribution is 2.26. The second kappa shape index (κ2) is 3.71. The molecule has 1 aromatic heterocycles. The Balaban J connectivity index is 2.07. The van der Waals surface area contributed by atoms with Gasteiger partial charge in [0.1, 0.15) is 5.82 Å². The molecular weight excluding hydrogens is 196 g/mol. The monoisotopic (exact) mass is 210 g/mol. The molecule has 2 aromatic rings. The normalized spacial score (nSPS) is 13.8. The maximum atomic E-state index is 4.46.